The average Bonchev–Trinajstić information content (AvgIpc) is 3.04. The van der Waals surface area contributed by atoms with E-state index in [0.29, 0.717) is 12.0 Å². The van der Waals surface area contributed by atoms with Gasteiger partial charge in [0.1, 0.15) is 5.75 Å². The van der Waals surface area contributed by atoms with Crippen LogP contribution in [-0.4, -0.2) is 68.9 Å². The van der Waals surface area contributed by atoms with E-state index in [2.05, 4.69) is 34.1 Å². The number of rotatable bonds is 6. The monoisotopic (exact) mass is 330 g/mol. The molecule has 4 nitrogen and oxygen atoms in total. The first-order valence-electron chi connectivity index (χ1n) is 9.43. The Hall–Kier alpha value is -1.10. The van der Waals surface area contributed by atoms with Crippen molar-refractivity contribution in [3.05, 3.63) is 29.8 Å². The second-order valence-electron chi connectivity index (χ2n) is 7.54. The zero-order valence-electron chi connectivity index (χ0n) is 15.0. The van der Waals surface area contributed by atoms with Gasteiger partial charge in [0.15, 0.2) is 0 Å². The predicted molar refractivity (Wildman–Crippen MR) is 95.7 cm³/mol. The molecule has 0 spiro atoms. The summed E-state index contributed by atoms with van der Waals surface area (Å²) in [4.78, 5) is 5.52. The fourth-order valence-corrected chi connectivity index (χ4v) is 5.45. The van der Waals surface area contributed by atoms with Gasteiger partial charge in [0.25, 0.3) is 0 Å². The number of methoxy groups -OCH3 is 2. The maximum atomic E-state index is 5.69. The Morgan fingerprint density at radius 1 is 1.08 bits per heavy atom. The fourth-order valence-electron chi connectivity index (χ4n) is 5.45. The Balaban J connectivity index is 1.62. The third-order valence-corrected chi connectivity index (χ3v) is 6.43. The molecule has 5 rings (SSSR count). The molecule has 4 heteroatoms. The summed E-state index contributed by atoms with van der Waals surface area (Å²) in [5.74, 6) is 2.50. The van der Waals surface area contributed by atoms with Crippen molar-refractivity contribution in [2.45, 2.75) is 37.3 Å². The molecule has 2 bridgehead atoms. The van der Waals surface area contributed by atoms with Gasteiger partial charge < -0.3 is 9.47 Å². The number of nitrogens with zero attached hydrogens (tertiary/aromatic N) is 2. The van der Waals surface area contributed by atoms with Crippen molar-refractivity contribution in [1.29, 1.82) is 0 Å². The molecule has 0 aliphatic carbocycles. The van der Waals surface area contributed by atoms with Crippen LogP contribution in [0.25, 0.3) is 0 Å². The summed E-state index contributed by atoms with van der Waals surface area (Å²) in [5.41, 5.74) is 1.40. The number of hydrogen-bond donors (Lipinski definition) is 0. The van der Waals surface area contributed by atoms with Crippen LogP contribution in [0.1, 0.15) is 30.7 Å². The first kappa shape index (κ1) is 16.4. The minimum Gasteiger partial charge on any atom is -0.496 e. The van der Waals surface area contributed by atoms with Crippen LogP contribution < -0.4 is 4.74 Å². The highest BCUT2D eigenvalue weighted by Crippen LogP contribution is 2.47. The SMILES string of the molecule is COCCCN1C[C@@H](c2ccccc2OC)[C@@H]2[C@H]1C1CCN2CC1. The standard InChI is InChI=1S/C20H30N2O2/c1-23-13-5-10-22-14-17(16-6-3-4-7-18(16)24-2)20-19(22)15-8-11-21(20)12-9-15/h3-4,6-7,15,17,19-20H,5,8-14H2,1-2H3/t17-,19+,20+/m0/s1. The quantitative estimate of drug-likeness (QED) is 0.749. The summed E-state index contributed by atoms with van der Waals surface area (Å²) in [6.07, 6.45) is 3.88. The lowest BCUT2D eigenvalue weighted by atomic mass is 9.75. The molecule has 4 heterocycles. The fraction of sp³-hybridized carbons (Fsp3) is 0.700. The van der Waals surface area contributed by atoms with Crippen LogP contribution in [0.15, 0.2) is 24.3 Å². The molecule has 0 aromatic heterocycles. The molecule has 4 aliphatic heterocycles. The van der Waals surface area contributed by atoms with E-state index in [4.69, 9.17) is 9.47 Å². The van der Waals surface area contributed by atoms with Crippen molar-refractivity contribution in [2.24, 2.45) is 5.92 Å². The van der Waals surface area contributed by atoms with E-state index in [1.807, 2.05) is 0 Å². The van der Waals surface area contributed by atoms with E-state index in [1.165, 1.54) is 31.5 Å². The van der Waals surface area contributed by atoms with Crippen LogP contribution in [0.2, 0.25) is 0 Å². The van der Waals surface area contributed by atoms with Gasteiger partial charge in [-0.2, -0.15) is 0 Å². The lowest BCUT2D eigenvalue weighted by molar-refractivity contribution is -0.00813. The van der Waals surface area contributed by atoms with Gasteiger partial charge in [-0.3, -0.25) is 9.80 Å². The minimum absolute atomic E-state index is 0.566. The Morgan fingerprint density at radius 2 is 1.88 bits per heavy atom. The molecule has 0 N–H and O–H groups in total. The molecule has 1 aromatic rings. The zero-order valence-corrected chi connectivity index (χ0v) is 15.0. The number of piperidine rings is 3. The Morgan fingerprint density at radius 3 is 2.62 bits per heavy atom. The molecule has 1 aromatic carbocycles. The summed E-state index contributed by atoms with van der Waals surface area (Å²) >= 11 is 0. The van der Waals surface area contributed by atoms with Gasteiger partial charge in [-0.15, -0.1) is 0 Å². The Bertz CT molecular complexity index is 556. The lowest BCUT2D eigenvalue weighted by Gasteiger charge is -2.51. The first-order chi connectivity index (χ1) is 11.8. The second-order valence-corrected chi connectivity index (χ2v) is 7.54. The highest BCUT2D eigenvalue weighted by molar-refractivity contribution is 5.39. The van der Waals surface area contributed by atoms with Crippen LogP contribution in [0.3, 0.4) is 0 Å². The third kappa shape index (κ3) is 2.75. The third-order valence-electron chi connectivity index (χ3n) is 6.43. The molecule has 0 unspecified atom stereocenters. The molecule has 3 atom stereocenters. The molecule has 4 aliphatic rings. The van der Waals surface area contributed by atoms with Crippen LogP contribution in [-0.2, 0) is 4.74 Å². The van der Waals surface area contributed by atoms with E-state index in [9.17, 15) is 0 Å². The molecule has 132 valence electrons. The van der Waals surface area contributed by atoms with Gasteiger partial charge in [-0.25, -0.2) is 0 Å². The van der Waals surface area contributed by atoms with Crippen LogP contribution >= 0.6 is 0 Å². The summed E-state index contributed by atoms with van der Waals surface area (Å²) in [6, 6.07) is 10.0. The lowest BCUT2D eigenvalue weighted by Crippen LogP contribution is -2.60. The first-order valence-corrected chi connectivity index (χ1v) is 9.43. The molecule has 0 radical (unpaired) electrons. The summed E-state index contributed by atoms with van der Waals surface area (Å²) < 4.78 is 11.0. The van der Waals surface area contributed by atoms with E-state index >= 15 is 0 Å². The van der Waals surface area contributed by atoms with Crippen molar-refractivity contribution < 1.29 is 9.47 Å². The van der Waals surface area contributed by atoms with Crippen LogP contribution in [0.4, 0.5) is 0 Å². The van der Waals surface area contributed by atoms with E-state index in [-0.39, 0.29) is 0 Å². The number of para-hydroxylation sites is 1. The molecular formula is C20H30N2O2. The highest BCUT2D eigenvalue weighted by atomic mass is 16.5. The van der Waals surface area contributed by atoms with E-state index in [0.717, 1.165) is 43.8 Å². The molecular weight excluding hydrogens is 300 g/mol. The number of hydrogen-bond acceptors (Lipinski definition) is 4. The highest BCUT2D eigenvalue weighted by Gasteiger charge is 2.53. The van der Waals surface area contributed by atoms with Gasteiger partial charge in [0.05, 0.1) is 7.11 Å². The average molecular weight is 330 g/mol. The van der Waals surface area contributed by atoms with Gasteiger partial charge in [-0.05, 0) is 44.3 Å². The zero-order chi connectivity index (χ0) is 16.5. The number of likely N-dealkylation sites (tertiary alicyclic amines) is 1. The van der Waals surface area contributed by atoms with Crippen molar-refractivity contribution in [1.82, 2.24) is 9.80 Å². The largest absolute Gasteiger partial charge is 0.496 e. The number of ether oxygens (including phenoxy) is 2. The summed E-state index contributed by atoms with van der Waals surface area (Å²) in [7, 11) is 3.60. The molecule has 0 saturated carbocycles. The molecule has 24 heavy (non-hydrogen) atoms. The maximum Gasteiger partial charge on any atom is 0.122 e. The molecule has 0 amide bonds. The normalized spacial score (nSPS) is 35.2. The topological polar surface area (TPSA) is 24.9 Å². The van der Waals surface area contributed by atoms with Crippen molar-refractivity contribution in [2.75, 3.05) is 47.0 Å². The smallest absolute Gasteiger partial charge is 0.122 e. The van der Waals surface area contributed by atoms with Gasteiger partial charge >= 0.3 is 0 Å². The van der Waals surface area contributed by atoms with Gasteiger partial charge in [-0.1, -0.05) is 18.2 Å². The van der Waals surface area contributed by atoms with E-state index < -0.39 is 0 Å². The van der Waals surface area contributed by atoms with Crippen molar-refractivity contribution in [3.63, 3.8) is 0 Å². The summed E-state index contributed by atoms with van der Waals surface area (Å²) in [5, 5.41) is 0. The van der Waals surface area contributed by atoms with E-state index in [1.54, 1.807) is 14.2 Å². The summed E-state index contributed by atoms with van der Waals surface area (Å²) in [6.45, 7) is 5.74. The van der Waals surface area contributed by atoms with Crippen LogP contribution in [0.5, 0.6) is 5.75 Å². The number of fused-ring (bicyclic) bond motifs is 2. The number of benzene rings is 1. The molecule has 4 saturated heterocycles. The maximum absolute atomic E-state index is 5.69. The van der Waals surface area contributed by atoms with Crippen LogP contribution in [0, 0.1) is 5.92 Å². The van der Waals surface area contributed by atoms with Gasteiger partial charge in [0.2, 0.25) is 0 Å². The Kier molecular flexibility index (Phi) is 4.79. The van der Waals surface area contributed by atoms with Crippen molar-refractivity contribution in [3.8, 4) is 5.75 Å². The minimum atomic E-state index is 0.566. The molecule has 4 fully saturated rings. The Labute approximate surface area is 145 Å². The second kappa shape index (κ2) is 7.03. The van der Waals surface area contributed by atoms with Gasteiger partial charge in [0, 0.05) is 50.4 Å². The predicted octanol–water partition coefficient (Wildman–Crippen LogP) is 2.59. The van der Waals surface area contributed by atoms with Crippen molar-refractivity contribution >= 4 is 0 Å².